The minimum atomic E-state index is -4.80. The van der Waals surface area contributed by atoms with Gasteiger partial charge in [-0.1, -0.05) is 6.08 Å². The van der Waals surface area contributed by atoms with Gasteiger partial charge in [0.1, 0.15) is 0 Å². The van der Waals surface area contributed by atoms with Crippen molar-refractivity contribution in [1.29, 1.82) is 0 Å². The Hall–Kier alpha value is -0.413. The first-order chi connectivity index (χ1) is 5.96. The van der Waals surface area contributed by atoms with Crippen LogP contribution in [-0.4, -0.2) is 40.1 Å². The molecule has 0 bridgehead atoms. The molecular formula is C6H11F3O4Si. The van der Waals surface area contributed by atoms with Crippen molar-refractivity contribution in [3.63, 3.8) is 0 Å². The van der Waals surface area contributed by atoms with E-state index in [0.717, 1.165) is 0 Å². The predicted octanol–water partition coefficient (Wildman–Crippen LogP) is -0.299. The lowest BCUT2D eigenvalue weighted by molar-refractivity contribution is -0.251. The van der Waals surface area contributed by atoms with E-state index in [4.69, 9.17) is 19.5 Å². The highest BCUT2D eigenvalue weighted by Gasteiger charge is 2.48. The molecule has 0 fully saturated rings. The maximum Gasteiger partial charge on any atom is 0.521 e. The Morgan fingerprint density at radius 2 is 1.64 bits per heavy atom. The summed E-state index contributed by atoms with van der Waals surface area (Å²) in [5.74, 6) is 0. The molecule has 4 N–H and O–H groups in total. The number of alkyl halides is 3. The molecule has 0 aliphatic carbocycles. The zero-order valence-electron chi connectivity index (χ0n) is 7.28. The predicted molar refractivity (Wildman–Crippen MR) is 42.8 cm³/mol. The van der Waals surface area contributed by atoms with Gasteiger partial charge in [0.05, 0.1) is 0 Å². The molecule has 84 valence electrons. The van der Waals surface area contributed by atoms with Gasteiger partial charge in [0.25, 0.3) is 0 Å². The molecule has 0 saturated heterocycles. The van der Waals surface area contributed by atoms with Crippen molar-refractivity contribution in [3.8, 4) is 0 Å². The van der Waals surface area contributed by atoms with Crippen LogP contribution in [0.1, 0.15) is 13.3 Å². The lowest BCUT2D eigenvalue weighted by atomic mass is 10.0. The summed E-state index contributed by atoms with van der Waals surface area (Å²) in [7, 11) is -4.48. The van der Waals surface area contributed by atoms with E-state index in [1.54, 1.807) is 0 Å². The Kier molecular flexibility index (Phi) is 3.87. The Morgan fingerprint density at radius 1 is 1.21 bits per heavy atom. The average Bonchev–Trinajstić information content (AvgIpc) is 1.80. The van der Waals surface area contributed by atoms with Crippen molar-refractivity contribution in [3.05, 3.63) is 11.8 Å². The van der Waals surface area contributed by atoms with Crippen LogP contribution in [-0.2, 0) is 0 Å². The number of rotatable bonds is 3. The minimum Gasteiger partial charge on any atom is -0.387 e. The van der Waals surface area contributed by atoms with E-state index in [1.807, 2.05) is 0 Å². The fourth-order valence-corrected chi connectivity index (χ4v) is 0.996. The first kappa shape index (κ1) is 13.6. The first-order valence-electron chi connectivity index (χ1n) is 3.60. The maximum atomic E-state index is 12.0. The summed E-state index contributed by atoms with van der Waals surface area (Å²) in [6, 6.07) is 0. The smallest absolute Gasteiger partial charge is 0.387 e. The molecule has 0 aromatic carbocycles. The van der Waals surface area contributed by atoms with Crippen LogP contribution < -0.4 is 0 Å². The van der Waals surface area contributed by atoms with Crippen LogP contribution in [0.2, 0.25) is 0 Å². The van der Waals surface area contributed by atoms with Gasteiger partial charge in [-0.05, 0) is 12.6 Å². The molecule has 0 spiro atoms. The first-order valence-corrected chi connectivity index (χ1v) is 5.51. The van der Waals surface area contributed by atoms with Crippen molar-refractivity contribution >= 4 is 8.80 Å². The van der Waals surface area contributed by atoms with Gasteiger partial charge in [-0.15, -0.1) is 0 Å². The number of aliphatic hydroxyl groups is 1. The summed E-state index contributed by atoms with van der Waals surface area (Å²) in [6.45, 7) is 0.548. The zero-order valence-corrected chi connectivity index (χ0v) is 8.28. The van der Waals surface area contributed by atoms with Crippen LogP contribution in [0.4, 0.5) is 13.2 Å². The summed E-state index contributed by atoms with van der Waals surface area (Å²) < 4.78 is 36.0. The van der Waals surface area contributed by atoms with Gasteiger partial charge in [0.2, 0.25) is 0 Å². The van der Waals surface area contributed by atoms with E-state index in [9.17, 15) is 13.2 Å². The summed E-state index contributed by atoms with van der Waals surface area (Å²) in [5, 5.41) is 8.84. The van der Waals surface area contributed by atoms with Crippen LogP contribution in [0, 0.1) is 0 Å². The van der Waals surface area contributed by atoms with Crippen LogP contribution >= 0.6 is 0 Å². The van der Waals surface area contributed by atoms with Gasteiger partial charge in [0.15, 0.2) is 5.60 Å². The molecule has 0 amide bonds. The number of hydrogen-bond acceptors (Lipinski definition) is 4. The standard InChI is InChI=1S/C6H11F3O4Si/c1-5(10,6(7,8)9)3-2-4-14(11,12)13/h2,4,10-13H,3H2,1H3/b4-2-. The third-order valence-corrected chi connectivity index (χ3v) is 2.15. The average molecular weight is 232 g/mol. The van der Waals surface area contributed by atoms with Crippen molar-refractivity contribution in [1.82, 2.24) is 0 Å². The van der Waals surface area contributed by atoms with E-state index < -0.39 is 27.0 Å². The normalized spacial score (nSPS) is 18.6. The minimum absolute atomic E-state index is 0.465. The highest BCUT2D eigenvalue weighted by Crippen LogP contribution is 2.32. The molecule has 0 aromatic heterocycles. The molecular weight excluding hydrogens is 221 g/mol. The topological polar surface area (TPSA) is 80.9 Å². The quantitative estimate of drug-likeness (QED) is 0.504. The van der Waals surface area contributed by atoms with E-state index in [-0.39, 0.29) is 0 Å². The summed E-state index contributed by atoms with van der Waals surface area (Å²) in [4.78, 5) is 25.3. The largest absolute Gasteiger partial charge is 0.521 e. The van der Waals surface area contributed by atoms with Gasteiger partial charge in [-0.2, -0.15) is 13.2 Å². The van der Waals surface area contributed by atoms with Crippen molar-refractivity contribution in [2.75, 3.05) is 0 Å². The van der Waals surface area contributed by atoms with Gasteiger partial charge >= 0.3 is 15.0 Å². The molecule has 0 aliphatic heterocycles. The highest BCUT2D eigenvalue weighted by molar-refractivity contribution is 6.61. The second kappa shape index (κ2) is 3.99. The number of halogens is 3. The van der Waals surface area contributed by atoms with Crippen molar-refractivity contribution in [2.24, 2.45) is 0 Å². The van der Waals surface area contributed by atoms with Crippen LogP contribution in [0.25, 0.3) is 0 Å². The van der Waals surface area contributed by atoms with Gasteiger partial charge in [0, 0.05) is 6.42 Å². The third-order valence-electron chi connectivity index (χ3n) is 1.47. The fraction of sp³-hybridized carbons (Fsp3) is 0.667. The fourth-order valence-electron chi connectivity index (χ4n) is 0.562. The van der Waals surface area contributed by atoms with Crippen LogP contribution in [0.5, 0.6) is 0 Å². The van der Waals surface area contributed by atoms with Gasteiger partial charge < -0.3 is 19.5 Å². The van der Waals surface area contributed by atoms with E-state index in [0.29, 0.717) is 18.7 Å². The van der Waals surface area contributed by atoms with E-state index in [1.165, 1.54) is 0 Å². The van der Waals surface area contributed by atoms with Crippen LogP contribution in [0.3, 0.4) is 0 Å². The summed E-state index contributed by atoms with van der Waals surface area (Å²) in [6.07, 6.45) is -4.98. The van der Waals surface area contributed by atoms with Crippen LogP contribution in [0.15, 0.2) is 11.8 Å². The molecule has 14 heavy (non-hydrogen) atoms. The third kappa shape index (κ3) is 4.72. The second-order valence-corrected chi connectivity index (χ2v) is 4.77. The van der Waals surface area contributed by atoms with Crippen molar-refractivity contribution < 1.29 is 32.7 Å². The van der Waals surface area contributed by atoms with Gasteiger partial charge in [-0.25, -0.2) is 0 Å². The molecule has 0 heterocycles. The summed E-state index contributed by atoms with van der Waals surface area (Å²) >= 11 is 0. The Bertz CT molecular complexity index is 218. The van der Waals surface area contributed by atoms with Crippen molar-refractivity contribution in [2.45, 2.75) is 25.1 Å². The molecule has 0 saturated carbocycles. The molecule has 8 heteroatoms. The molecule has 4 nitrogen and oxygen atoms in total. The summed E-state index contributed by atoms with van der Waals surface area (Å²) in [5.41, 5.74) is -2.48. The molecule has 0 aromatic rings. The SMILES string of the molecule is CC(O)(C/C=C\[Si](O)(O)O)C(F)(F)F. The highest BCUT2D eigenvalue weighted by atomic mass is 28.4. The lowest BCUT2D eigenvalue weighted by Crippen LogP contribution is -2.41. The van der Waals surface area contributed by atoms with Gasteiger partial charge in [-0.3, -0.25) is 0 Å². The molecule has 0 rings (SSSR count). The number of hydrogen-bond donors (Lipinski definition) is 4. The van der Waals surface area contributed by atoms with E-state index in [2.05, 4.69) is 0 Å². The second-order valence-electron chi connectivity index (χ2n) is 3.07. The monoisotopic (exact) mass is 232 g/mol. The molecule has 0 aliphatic rings. The Morgan fingerprint density at radius 3 is 1.93 bits per heavy atom. The lowest BCUT2D eigenvalue weighted by Gasteiger charge is -2.24. The Labute approximate surface area is 79.3 Å². The zero-order chi connectivity index (χ0) is 11.6. The maximum absolute atomic E-state index is 12.0. The molecule has 1 unspecified atom stereocenters. The Balaban J connectivity index is 4.34. The van der Waals surface area contributed by atoms with E-state index >= 15 is 0 Å². The molecule has 1 atom stereocenters. The molecule has 0 radical (unpaired) electrons.